The van der Waals surface area contributed by atoms with Gasteiger partial charge in [-0.3, -0.25) is 0 Å². The van der Waals surface area contributed by atoms with Gasteiger partial charge in [0, 0.05) is 23.5 Å². The molecule has 0 saturated carbocycles. The molecule has 1 aromatic carbocycles. The van der Waals surface area contributed by atoms with Gasteiger partial charge in [-0.1, -0.05) is 25.0 Å². The molecule has 0 atom stereocenters. The largest absolute Gasteiger partial charge is 0.493 e. The van der Waals surface area contributed by atoms with Crippen LogP contribution in [0.3, 0.4) is 0 Å². The molecule has 5 heteroatoms. The molecule has 0 spiro atoms. The monoisotopic (exact) mass is 296 g/mol. The average Bonchev–Trinajstić information content (AvgIpc) is 2.88. The summed E-state index contributed by atoms with van der Waals surface area (Å²) in [6, 6.07) is 6.21. The summed E-state index contributed by atoms with van der Waals surface area (Å²) in [5, 5.41) is 4.33. The van der Waals surface area contributed by atoms with Crippen molar-refractivity contribution in [3.8, 4) is 16.9 Å². The highest BCUT2D eigenvalue weighted by Crippen LogP contribution is 2.30. The van der Waals surface area contributed by atoms with Gasteiger partial charge in [0.2, 0.25) is 0 Å². The van der Waals surface area contributed by atoms with Crippen molar-refractivity contribution in [3.05, 3.63) is 42.0 Å². The van der Waals surface area contributed by atoms with E-state index >= 15 is 0 Å². The van der Waals surface area contributed by atoms with E-state index in [0.29, 0.717) is 11.6 Å². The lowest BCUT2D eigenvalue weighted by atomic mass is 10.1. The van der Waals surface area contributed by atoms with Crippen LogP contribution in [0.4, 0.5) is 0 Å². The molecule has 0 aliphatic carbocycles. The van der Waals surface area contributed by atoms with Gasteiger partial charge in [0.25, 0.3) is 5.78 Å². The summed E-state index contributed by atoms with van der Waals surface area (Å²) in [6.07, 6.45) is 5.94. The van der Waals surface area contributed by atoms with E-state index in [-0.39, 0.29) is 0 Å². The van der Waals surface area contributed by atoms with Crippen molar-refractivity contribution in [1.82, 2.24) is 19.6 Å². The Morgan fingerprint density at radius 1 is 1.23 bits per heavy atom. The van der Waals surface area contributed by atoms with E-state index in [1.165, 1.54) is 5.56 Å². The average molecular weight is 296 g/mol. The molecular formula is C17H20N4O. The van der Waals surface area contributed by atoms with Crippen LogP contribution in [0, 0.1) is 13.8 Å². The van der Waals surface area contributed by atoms with Crippen molar-refractivity contribution in [1.29, 1.82) is 0 Å². The van der Waals surface area contributed by atoms with E-state index in [2.05, 4.69) is 41.0 Å². The first-order valence-corrected chi connectivity index (χ1v) is 7.60. The fourth-order valence-corrected chi connectivity index (χ4v) is 2.35. The summed E-state index contributed by atoms with van der Waals surface area (Å²) >= 11 is 0. The van der Waals surface area contributed by atoms with Crippen molar-refractivity contribution in [2.45, 2.75) is 33.6 Å². The Labute approximate surface area is 130 Å². The van der Waals surface area contributed by atoms with Gasteiger partial charge in [-0.15, -0.1) is 0 Å². The van der Waals surface area contributed by atoms with Gasteiger partial charge in [0.05, 0.1) is 6.61 Å². The van der Waals surface area contributed by atoms with E-state index in [1.807, 2.05) is 25.4 Å². The zero-order valence-corrected chi connectivity index (χ0v) is 13.2. The summed E-state index contributed by atoms with van der Waals surface area (Å²) in [5.74, 6) is 2.22. The predicted octanol–water partition coefficient (Wildman–Crippen LogP) is 3.59. The molecule has 0 fully saturated rings. The highest BCUT2D eigenvalue weighted by atomic mass is 16.5. The Morgan fingerprint density at radius 3 is 2.91 bits per heavy atom. The predicted molar refractivity (Wildman–Crippen MR) is 86.1 cm³/mol. The number of fused-ring (bicyclic) bond motifs is 1. The van der Waals surface area contributed by atoms with Gasteiger partial charge in [0.1, 0.15) is 11.6 Å². The van der Waals surface area contributed by atoms with Crippen molar-refractivity contribution in [2.24, 2.45) is 0 Å². The van der Waals surface area contributed by atoms with Crippen molar-refractivity contribution in [3.63, 3.8) is 0 Å². The molecule has 0 bridgehead atoms. The Balaban J connectivity index is 2.01. The second-order valence-corrected chi connectivity index (χ2v) is 5.45. The molecule has 22 heavy (non-hydrogen) atoms. The van der Waals surface area contributed by atoms with E-state index in [4.69, 9.17) is 4.74 Å². The number of ether oxygens (including phenoxy) is 1. The van der Waals surface area contributed by atoms with Gasteiger partial charge >= 0.3 is 0 Å². The van der Waals surface area contributed by atoms with Crippen molar-refractivity contribution in [2.75, 3.05) is 6.61 Å². The number of nitrogens with zero attached hydrogens (tertiary/aromatic N) is 4. The van der Waals surface area contributed by atoms with Crippen molar-refractivity contribution < 1.29 is 4.74 Å². The van der Waals surface area contributed by atoms with Crippen LogP contribution >= 0.6 is 0 Å². The molecule has 0 N–H and O–H groups in total. The third kappa shape index (κ3) is 2.93. The Morgan fingerprint density at radius 2 is 2.09 bits per heavy atom. The van der Waals surface area contributed by atoms with Crippen LogP contribution in [0.5, 0.6) is 5.75 Å². The fraction of sp³-hybridized carbons (Fsp3) is 0.353. The molecule has 0 saturated heterocycles. The molecule has 5 nitrogen and oxygen atoms in total. The second kappa shape index (κ2) is 6.13. The van der Waals surface area contributed by atoms with Crippen molar-refractivity contribution >= 4 is 5.78 Å². The van der Waals surface area contributed by atoms with Crippen LogP contribution in [0.15, 0.2) is 30.6 Å². The second-order valence-electron chi connectivity index (χ2n) is 5.45. The highest BCUT2D eigenvalue weighted by molar-refractivity contribution is 5.70. The number of unbranched alkanes of at least 4 members (excludes halogenated alkanes) is 1. The third-order valence-corrected chi connectivity index (χ3v) is 3.50. The fourth-order valence-electron chi connectivity index (χ4n) is 2.35. The molecule has 2 aromatic heterocycles. The first-order chi connectivity index (χ1) is 10.7. The van der Waals surface area contributed by atoms with Crippen LogP contribution in [0.25, 0.3) is 16.9 Å². The van der Waals surface area contributed by atoms with Gasteiger partial charge in [-0.05, 0) is 32.4 Å². The number of aromatic nitrogens is 4. The number of aryl methyl sites for hydroxylation is 2. The summed E-state index contributed by atoms with van der Waals surface area (Å²) in [5.41, 5.74) is 3.21. The molecule has 0 aliphatic heterocycles. The third-order valence-electron chi connectivity index (χ3n) is 3.50. The van der Waals surface area contributed by atoms with Crippen LogP contribution in [-0.4, -0.2) is 26.2 Å². The zero-order valence-electron chi connectivity index (χ0n) is 13.2. The van der Waals surface area contributed by atoms with Gasteiger partial charge < -0.3 is 4.74 Å². The number of hydrogen-bond acceptors (Lipinski definition) is 4. The van der Waals surface area contributed by atoms with Crippen LogP contribution < -0.4 is 4.74 Å². The minimum atomic E-state index is 0.613. The van der Waals surface area contributed by atoms with Gasteiger partial charge in [0.15, 0.2) is 0 Å². The molecule has 0 amide bonds. The summed E-state index contributed by atoms with van der Waals surface area (Å²) < 4.78 is 7.64. The summed E-state index contributed by atoms with van der Waals surface area (Å²) in [6.45, 7) is 6.82. The number of hydrogen-bond donors (Lipinski definition) is 0. The molecule has 0 radical (unpaired) electrons. The van der Waals surface area contributed by atoms with E-state index in [1.54, 1.807) is 4.52 Å². The highest BCUT2D eigenvalue weighted by Gasteiger charge is 2.10. The molecule has 3 aromatic rings. The summed E-state index contributed by atoms with van der Waals surface area (Å²) in [7, 11) is 0. The van der Waals surface area contributed by atoms with Crippen LogP contribution in [-0.2, 0) is 0 Å². The minimum Gasteiger partial charge on any atom is -0.493 e. The number of benzene rings is 1. The Hall–Kier alpha value is -2.43. The number of rotatable bonds is 5. The van der Waals surface area contributed by atoms with Gasteiger partial charge in [-0.2, -0.15) is 10.1 Å². The smallest absolute Gasteiger partial charge is 0.252 e. The molecular weight excluding hydrogens is 276 g/mol. The topological polar surface area (TPSA) is 52.3 Å². The first kappa shape index (κ1) is 14.5. The quantitative estimate of drug-likeness (QED) is 0.675. The molecule has 0 unspecified atom stereocenters. The normalized spacial score (nSPS) is 11.0. The standard InChI is InChI=1S/C17H20N4O/c1-4-5-8-22-16-7-6-12(2)9-15(16)14-10-18-17-19-13(3)20-21(17)11-14/h6-7,9-11H,4-5,8H2,1-3H3. The van der Waals surface area contributed by atoms with Gasteiger partial charge in [-0.25, -0.2) is 9.50 Å². The zero-order chi connectivity index (χ0) is 15.5. The van der Waals surface area contributed by atoms with E-state index < -0.39 is 0 Å². The molecule has 3 rings (SSSR count). The Kier molecular flexibility index (Phi) is 4.04. The maximum atomic E-state index is 5.93. The van der Waals surface area contributed by atoms with E-state index in [0.717, 1.165) is 36.3 Å². The lowest BCUT2D eigenvalue weighted by molar-refractivity contribution is 0.310. The molecule has 0 aliphatic rings. The van der Waals surface area contributed by atoms with E-state index in [9.17, 15) is 0 Å². The first-order valence-electron chi connectivity index (χ1n) is 7.60. The lowest BCUT2D eigenvalue weighted by Crippen LogP contribution is -1.99. The summed E-state index contributed by atoms with van der Waals surface area (Å²) in [4.78, 5) is 8.64. The SMILES string of the molecule is CCCCOc1ccc(C)cc1-c1cnc2nc(C)nn2c1. The molecule has 114 valence electrons. The van der Waals surface area contributed by atoms with Crippen LogP contribution in [0.1, 0.15) is 31.2 Å². The maximum Gasteiger partial charge on any atom is 0.252 e. The molecule has 2 heterocycles. The Bertz CT molecular complexity index is 794. The maximum absolute atomic E-state index is 5.93. The van der Waals surface area contributed by atoms with Crippen LogP contribution in [0.2, 0.25) is 0 Å². The lowest BCUT2D eigenvalue weighted by Gasteiger charge is -2.12. The minimum absolute atomic E-state index is 0.613.